The van der Waals surface area contributed by atoms with Crippen molar-refractivity contribution < 1.29 is 10.0 Å². The average Bonchev–Trinajstić information content (AvgIpc) is 3.16. The fraction of sp³-hybridized carbons (Fsp3) is 0.647. The SMILES string of the molecule is CN1C2CCC(C2)[C@@H]1CN1CCc2ncc(C(=O)NO)cc2C1. The summed E-state index contributed by atoms with van der Waals surface area (Å²) in [6.45, 7) is 2.98. The van der Waals surface area contributed by atoms with Crippen molar-refractivity contribution in [3.05, 3.63) is 29.1 Å². The smallest absolute Gasteiger partial charge is 0.276 e. The summed E-state index contributed by atoms with van der Waals surface area (Å²) in [5.41, 5.74) is 4.30. The molecule has 2 bridgehead atoms. The van der Waals surface area contributed by atoms with Gasteiger partial charge in [-0.05, 0) is 43.9 Å². The molecule has 23 heavy (non-hydrogen) atoms. The van der Waals surface area contributed by atoms with Crippen LogP contribution in [0.4, 0.5) is 0 Å². The molecule has 1 saturated heterocycles. The summed E-state index contributed by atoms with van der Waals surface area (Å²) in [6.07, 6.45) is 6.59. The minimum atomic E-state index is -0.495. The van der Waals surface area contributed by atoms with Gasteiger partial charge in [0, 0.05) is 50.0 Å². The van der Waals surface area contributed by atoms with Crippen LogP contribution in [0.5, 0.6) is 0 Å². The molecule has 1 saturated carbocycles. The Kier molecular flexibility index (Phi) is 3.83. The highest BCUT2D eigenvalue weighted by atomic mass is 16.5. The molecule has 6 nitrogen and oxygen atoms in total. The van der Waals surface area contributed by atoms with Gasteiger partial charge >= 0.3 is 0 Å². The first-order chi connectivity index (χ1) is 11.2. The van der Waals surface area contributed by atoms with Crippen molar-refractivity contribution in [3.8, 4) is 0 Å². The second-order valence-electron chi connectivity index (χ2n) is 7.22. The standard InChI is InChI=1S/C17H24N4O2/c1-20-14-3-2-11(7-14)16(20)10-21-5-4-15-13(9-21)6-12(8-18-15)17(22)19-23/h6,8,11,14,16,23H,2-5,7,9-10H2,1H3,(H,19,22)/t11?,14?,16-/m0/s1. The molecule has 3 atom stereocenters. The van der Waals surface area contributed by atoms with Crippen molar-refractivity contribution >= 4 is 5.91 Å². The number of likely N-dealkylation sites (tertiary alicyclic amines) is 1. The summed E-state index contributed by atoms with van der Waals surface area (Å²) in [7, 11) is 2.28. The van der Waals surface area contributed by atoms with Gasteiger partial charge in [0.2, 0.25) is 0 Å². The Morgan fingerprint density at radius 2 is 2.35 bits per heavy atom. The van der Waals surface area contributed by atoms with Crippen molar-refractivity contribution in [3.63, 3.8) is 0 Å². The Hall–Kier alpha value is -1.50. The van der Waals surface area contributed by atoms with Gasteiger partial charge in [0.25, 0.3) is 5.91 Å². The van der Waals surface area contributed by atoms with Crippen LogP contribution < -0.4 is 5.48 Å². The van der Waals surface area contributed by atoms with Crippen molar-refractivity contribution in [1.82, 2.24) is 20.3 Å². The molecule has 3 aliphatic rings. The number of pyridine rings is 1. The van der Waals surface area contributed by atoms with E-state index in [4.69, 9.17) is 5.21 Å². The highest BCUT2D eigenvalue weighted by Gasteiger charge is 2.44. The first-order valence-corrected chi connectivity index (χ1v) is 8.52. The number of carbonyl (C=O) groups is 1. The number of piperidine rings is 1. The molecule has 2 N–H and O–H groups in total. The summed E-state index contributed by atoms with van der Waals surface area (Å²) in [4.78, 5) is 21.0. The van der Waals surface area contributed by atoms with Crippen molar-refractivity contribution in [2.24, 2.45) is 5.92 Å². The lowest BCUT2D eigenvalue weighted by molar-refractivity contribution is 0.0705. The maximum atomic E-state index is 11.6. The minimum Gasteiger partial charge on any atom is -0.299 e. The predicted molar refractivity (Wildman–Crippen MR) is 85.2 cm³/mol. The number of carbonyl (C=O) groups excluding carboxylic acids is 1. The fourth-order valence-electron chi connectivity index (χ4n) is 4.69. The number of rotatable bonds is 3. The van der Waals surface area contributed by atoms with Gasteiger partial charge in [-0.3, -0.25) is 24.8 Å². The van der Waals surface area contributed by atoms with Gasteiger partial charge in [-0.15, -0.1) is 0 Å². The third-order valence-electron chi connectivity index (χ3n) is 6.02. The normalized spacial score (nSPS) is 30.4. The second-order valence-corrected chi connectivity index (χ2v) is 7.22. The summed E-state index contributed by atoms with van der Waals surface area (Å²) in [6, 6.07) is 3.33. The molecule has 1 amide bonds. The van der Waals surface area contributed by atoms with E-state index in [2.05, 4.69) is 21.8 Å². The van der Waals surface area contributed by atoms with Gasteiger partial charge in [0.1, 0.15) is 0 Å². The van der Waals surface area contributed by atoms with E-state index in [0.717, 1.165) is 49.3 Å². The molecule has 124 valence electrons. The number of aromatic nitrogens is 1. The maximum Gasteiger partial charge on any atom is 0.276 e. The van der Waals surface area contributed by atoms with Crippen LogP contribution in [0.15, 0.2) is 12.3 Å². The summed E-state index contributed by atoms with van der Waals surface area (Å²) >= 11 is 0. The van der Waals surface area contributed by atoms with Crippen molar-refractivity contribution in [2.45, 2.75) is 44.3 Å². The molecular formula is C17H24N4O2. The van der Waals surface area contributed by atoms with Crippen LogP contribution >= 0.6 is 0 Å². The molecule has 2 unspecified atom stereocenters. The molecule has 3 heterocycles. The Labute approximate surface area is 136 Å². The van der Waals surface area contributed by atoms with Crippen LogP contribution in [0.2, 0.25) is 0 Å². The van der Waals surface area contributed by atoms with E-state index in [0.29, 0.717) is 11.6 Å². The van der Waals surface area contributed by atoms with Gasteiger partial charge < -0.3 is 0 Å². The van der Waals surface area contributed by atoms with Gasteiger partial charge in [-0.25, -0.2) is 5.48 Å². The molecule has 0 radical (unpaired) electrons. The molecular weight excluding hydrogens is 292 g/mol. The Morgan fingerprint density at radius 1 is 1.48 bits per heavy atom. The third-order valence-corrected chi connectivity index (χ3v) is 6.02. The van der Waals surface area contributed by atoms with Gasteiger partial charge in [0.15, 0.2) is 0 Å². The molecule has 1 aromatic rings. The Morgan fingerprint density at radius 3 is 3.09 bits per heavy atom. The molecule has 4 rings (SSSR count). The number of hydroxylamine groups is 1. The van der Waals surface area contributed by atoms with Crippen LogP contribution in [-0.4, -0.2) is 58.1 Å². The summed E-state index contributed by atoms with van der Waals surface area (Å²) in [5, 5.41) is 8.78. The monoisotopic (exact) mass is 316 g/mol. The van der Waals surface area contributed by atoms with E-state index in [9.17, 15) is 4.79 Å². The zero-order valence-corrected chi connectivity index (χ0v) is 13.5. The molecule has 1 aliphatic carbocycles. The third kappa shape index (κ3) is 2.65. The van der Waals surface area contributed by atoms with Crippen LogP contribution in [0.3, 0.4) is 0 Å². The fourth-order valence-corrected chi connectivity index (χ4v) is 4.69. The van der Waals surface area contributed by atoms with Gasteiger partial charge in [0.05, 0.1) is 5.56 Å². The first-order valence-electron chi connectivity index (χ1n) is 8.52. The number of hydrogen-bond acceptors (Lipinski definition) is 5. The number of hydrogen-bond donors (Lipinski definition) is 2. The van der Waals surface area contributed by atoms with E-state index < -0.39 is 5.91 Å². The summed E-state index contributed by atoms with van der Waals surface area (Å²) < 4.78 is 0. The van der Waals surface area contributed by atoms with E-state index in [-0.39, 0.29) is 0 Å². The van der Waals surface area contributed by atoms with Crippen LogP contribution in [0.25, 0.3) is 0 Å². The van der Waals surface area contributed by atoms with Crippen LogP contribution in [0, 0.1) is 5.92 Å². The molecule has 2 fully saturated rings. The minimum absolute atomic E-state index is 0.421. The number of nitrogens with zero attached hydrogens (tertiary/aromatic N) is 3. The number of likely N-dealkylation sites (N-methyl/N-ethyl adjacent to an activating group) is 1. The van der Waals surface area contributed by atoms with Crippen LogP contribution in [-0.2, 0) is 13.0 Å². The second kappa shape index (κ2) is 5.85. The quantitative estimate of drug-likeness (QED) is 0.644. The molecule has 6 heteroatoms. The molecule has 0 aromatic carbocycles. The van der Waals surface area contributed by atoms with E-state index in [1.165, 1.54) is 19.3 Å². The highest BCUT2D eigenvalue weighted by molar-refractivity contribution is 5.93. The first kappa shape index (κ1) is 15.1. The van der Waals surface area contributed by atoms with Crippen LogP contribution in [0.1, 0.15) is 40.9 Å². The summed E-state index contributed by atoms with van der Waals surface area (Å²) in [5.74, 6) is 0.362. The topological polar surface area (TPSA) is 68.7 Å². The van der Waals surface area contributed by atoms with Crippen molar-refractivity contribution in [1.29, 1.82) is 0 Å². The highest BCUT2D eigenvalue weighted by Crippen LogP contribution is 2.41. The molecule has 0 spiro atoms. The lowest BCUT2D eigenvalue weighted by Gasteiger charge is -2.37. The Bertz CT molecular complexity index is 619. The largest absolute Gasteiger partial charge is 0.299 e. The zero-order chi connectivity index (χ0) is 16.0. The average molecular weight is 316 g/mol. The lowest BCUT2D eigenvalue weighted by Crippen LogP contribution is -2.46. The van der Waals surface area contributed by atoms with Crippen molar-refractivity contribution in [2.75, 3.05) is 20.1 Å². The van der Waals surface area contributed by atoms with E-state index in [1.54, 1.807) is 11.7 Å². The number of amides is 1. The molecule has 1 aromatic heterocycles. The lowest BCUT2D eigenvalue weighted by atomic mass is 9.96. The Balaban J connectivity index is 1.47. The predicted octanol–water partition coefficient (Wildman–Crippen LogP) is 1.04. The van der Waals surface area contributed by atoms with E-state index >= 15 is 0 Å². The molecule has 2 aliphatic heterocycles. The van der Waals surface area contributed by atoms with Gasteiger partial charge in [-0.1, -0.05) is 0 Å². The number of nitrogens with one attached hydrogen (secondary N) is 1. The number of fused-ring (bicyclic) bond motifs is 3. The van der Waals surface area contributed by atoms with Gasteiger partial charge in [-0.2, -0.15) is 0 Å². The maximum absolute atomic E-state index is 11.6. The van der Waals surface area contributed by atoms with E-state index in [1.807, 2.05) is 6.07 Å². The zero-order valence-electron chi connectivity index (χ0n) is 13.5.